The van der Waals surface area contributed by atoms with Gasteiger partial charge >= 0.3 is 0 Å². The lowest BCUT2D eigenvalue weighted by Gasteiger charge is -2.32. The molecule has 1 amide bonds. The number of hydrogen-bond donors (Lipinski definition) is 0. The summed E-state index contributed by atoms with van der Waals surface area (Å²) in [6, 6.07) is 28.2. The van der Waals surface area contributed by atoms with E-state index in [-0.39, 0.29) is 18.1 Å². The number of carbonyl (C=O) groups excluding carboxylic acids is 1. The van der Waals surface area contributed by atoms with E-state index in [2.05, 4.69) is 29.2 Å². The molecule has 3 aromatic rings. The number of carbonyl (C=O) groups is 1. The Bertz CT molecular complexity index is 990. The van der Waals surface area contributed by atoms with Gasteiger partial charge in [-0.15, -0.1) is 0 Å². The van der Waals surface area contributed by atoms with Crippen LogP contribution in [0.25, 0.3) is 0 Å². The Morgan fingerprint density at radius 2 is 1.41 bits per heavy atom. The molecule has 0 aliphatic carbocycles. The van der Waals surface area contributed by atoms with E-state index in [9.17, 15) is 4.79 Å². The number of rotatable bonds is 4. The van der Waals surface area contributed by atoms with E-state index in [0.29, 0.717) is 6.54 Å². The molecule has 0 aromatic heterocycles. The maximum absolute atomic E-state index is 13.8. The molecule has 1 fully saturated rings. The zero-order chi connectivity index (χ0) is 19.6. The van der Waals surface area contributed by atoms with Crippen LogP contribution in [-0.2, 0) is 17.9 Å². The van der Waals surface area contributed by atoms with Crippen molar-refractivity contribution < 1.29 is 9.53 Å². The summed E-state index contributed by atoms with van der Waals surface area (Å²) in [6.07, 6.45) is 0.762. The molecule has 2 aliphatic rings. The molecule has 3 aromatic carbocycles. The first-order valence-electron chi connectivity index (χ1n) is 10.2. The summed E-state index contributed by atoms with van der Waals surface area (Å²) in [6.45, 7) is 2.06. The fourth-order valence-electron chi connectivity index (χ4n) is 4.38. The second-order valence-electron chi connectivity index (χ2n) is 7.78. The molecule has 4 heteroatoms. The highest BCUT2D eigenvalue weighted by Crippen LogP contribution is 2.37. The topological polar surface area (TPSA) is 32.8 Å². The molecule has 2 bridgehead atoms. The summed E-state index contributed by atoms with van der Waals surface area (Å²) in [5.74, 6) is 0.949. The van der Waals surface area contributed by atoms with Crippen molar-refractivity contribution in [3.8, 4) is 5.75 Å². The minimum atomic E-state index is -0.169. The Morgan fingerprint density at radius 1 is 0.793 bits per heavy atom. The summed E-state index contributed by atoms with van der Waals surface area (Å²) < 4.78 is 6.38. The molecule has 0 spiro atoms. The maximum atomic E-state index is 13.8. The van der Waals surface area contributed by atoms with Gasteiger partial charge in [0.2, 0.25) is 5.91 Å². The average Bonchev–Trinajstić information content (AvgIpc) is 3.16. The van der Waals surface area contributed by atoms with Crippen LogP contribution in [0.3, 0.4) is 0 Å². The number of nitrogens with zero attached hydrogens (tertiary/aromatic N) is 2. The zero-order valence-electron chi connectivity index (χ0n) is 16.3. The number of hydrogen-bond acceptors (Lipinski definition) is 3. The Hall–Kier alpha value is -3.11. The summed E-state index contributed by atoms with van der Waals surface area (Å²) >= 11 is 0. The van der Waals surface area contributed by atoms with E-state index in [0.717, 1.165) is 36.5 Å². The van der Waals surface area contributed by atoms with Crippen molar-refractivity contribution in [1.82, 2.24) is 4.90 Å². The molecule has 2 heterocycles. The first kappa shape index (κ1) is 18.0. The van der Waals surface area contributed by atoms with Crippen molar-refractivity contribution >= 4 is 11.6 Å². The molecule has 0 N–H and O–H groups in total. The predicted octanol–water partition coefficient (Wildman–Crippen LogP) is 4.26. The zero-order valence-corrected chi connectivity index (χ0v) is 16.3. The van der Waals surface area contributed by atoms with E-state index >= 15 is 0 Å². The molecule has 2 atom stereocenters. The molecular formula is C25H24N2O2. The van der Waals surface area contributed by atoms with Gasteiger partial charge in [0, 0.05) is 19.5 Å². The number of benzene rings is 3. The summed E-state index contributed by atoms with van der Waals surface area (Å²) in [4.78, 5) is 17.9. The second-order valence-corrected chi connectivity index (χ2v) is 7.78. The van der Waals surface area contributed by atoms with Crippen molar-refractivity contribution in [3.63, 3.8) is 0 Å². The molecule has 5 rings (SSSR count). The molecule has 4 nitrogen and oxygen atoms in total. The molecule has 0 saturated carbocycles. The van der Waals surface area contributed by atoms with Crippen molar-refractivity contribution in [3.05, 3.63) is 96.1 Å². The average molecular weight is 384 g/mol. The van der Waals surface area contributed by atoms with Gasteiger partial charge in [0.1, 0.15) is 11.9 Å². The second kappa shape index (κ2) is 7.72. The number of fused-ring (bicyclic) bond motifs is 3. The predicted molar refractivity (Wildman–Crippen MR) is 114 cm³/mol. The van der Waals surface area contributed by atoms with Crippen molar-refractivity contribution in [2.75, 3.05) is 11.4 Å². The van der Waals surface area contributed by atoms with Crippen LogP contribution in [0.15, 0.2) is 84.9 Å². The van der Waals surface area contributed by atoms with Crippen molar-refractivity contribution in [2.45, 2.75) is 31.7 Å². The molecular weight excluding hydrogens is 360 g/mol. The summed E-state index contributed by atoms with van der Waals surface area (Å²) in [7, 11) is 0. The minimum absolute atomic E-state index is 0.0349. The van der Waals surface area contributed by atoms with Gasteiger partial charge in [0.05, 0.1) is 18.3 Å². The molecule has 0 unspecified atom stereocenters. The van der Waals surface area contributed by atoms with Crippen LogP contribution in [0.4, 0.5) is 5.69 Å². The lowest BCUT2D eigenvalue weighted by atomic mass is 10.1. The first-order valence-corrected chi connectivity index (χ1v) is 10.2. The number of anilines is 1. The third kappa shape index (κ3) is 3.64. The van der Waals surface area contributed by atoms with Gasteiger partial charge in [0.25, 0.3) is 0 Å². The molecule has 2 aliphatic heterocycles. The number of likely N-dealkylation sites (tertiary alicyclic amines) is 1. The van der Waals surface area contributed by atoms with Gasteiger partial charge in [-0.05, 0) is 23.3 Å². The van der Waals surface area contributed by atoms with Gasteiger partial charge in [-0.1, -0.05) is 72.8 Å². The molecule has 29 heavy (non-hydrogen) atoms. The van der Waals surface area contributed by atoms with Crippen LogP contribution >= 0.6 is 0 Å². The Labute approximate surface area is 171 Å². The fraction of sp³-hybridized carbons (Fsp3) is 0.240. The largest absolute Gasteiger partial charge is 0.487 e. The normalized spacial score (nSPS) is 21.2. The van der Waals surface area contributed by atoms with Crippen LogP contribution in [0.5, 0.6) is 5.75 Å². The lowest BCUT2D eigenvalue weighted by Crippen LogP contribution is -2.45. The van der Waals surface area contributed by atoms with E-state index < -0.39 is 0 Å². The molecule has 0 radical (unpaired) electrons. The molecule has 146 valence electrons. The Kier molecular flexibility index (Phi) is 4.78. The van der Waals surface area contributed by atoms with Gasteiger partial charge in [-0.25, -0.2) is 0 Å². The van der Waals surface area contributed by atoms with E-state index in [1.807, 2.05) is 65.6 Å². The highest BCUT2D eigenvalue weighted by atomic mass is 16.5. The third-order valence-electron chi connectivity index (χ3n) is 5.78. The van der Waals surface area contributed by atoms with Gasteiger partial charge < -0.3 is 9.64 Å². The highest BCUT2D eigenvalue weighted by Gasteiger charge is 2.42. The van der Waals surface area contributed by atoms with Crippen molar-refractivity contribution in [1.29, 1.82) is 0 Å². The van der Waals surface area contributed by atoms with Gasteiger partial charge in [0.15, 0.2) is 0 Å². The van der Waals surface area contributed by atoms with Crippen LogP contribution in [-0.4, -0.2) is 29.5 Å². The quantitative estimate of drug-likeness (QED) is 0.674. The van der Waals surface area contributed by atoms with Crippen LogP contribution < -0.4 is 9.64 Å². The van der Waals surface area contributed by atoms with Crippen LogP contribution in [0.2, 0.25) is 0 Å². The lowest BCUT2D eigenvalue weighted by molar-refractivity contribution is -0.123. The fourth-order valence-corrected chi connectivity index (χ4v) is 4.38. The highest BCUT2D eigenvalue weighted by molar-refractivity contribution is 5.99. The summed E-state index contributed by atoms with van der Waals surface area (Å²) in [5.41, 5.74) is 3.19. The number of amides is 1. The monoisotopic (exact) mass is 384 g/mol. The van der Waals surface area contributed by atoms with E-state index in [1.54, 1.807) is 0 Å². The Morgan fingerprint density at radius 3 is 2.14 bits per heavy atom. The van der Waals surface area contributed by atoms with E-state index in [4.69, 9.17) is 4.74 Å². The number of para-hydroxylation sites is 2. The van der Waals surface area contributed by atoms with Crippen LogP contribution in [0.1, 0.15) is 17.5 Å². The summed E-state index contributed by atoms with van der Waals surface area (Å²) in [5, 5.41) is 0. The molecule has 1 saturated heterocycles. The smallest absolute Gasteiger partial charge is 0.244 e. The third-order valence-corrected chi connectivity index (χ3v) is 5.78. The number of ether oxygens (including phenoxy) is 1. The maximum Gasteiger partial charge on any atom is 0.244 e. The van der Waals surface area contributed by atoms with E-state index in [1.165, 1.54) is 5.56 Å². The van der Waals surface area contributed by atoms with Crippen molar-refractivity contribution in [2.24, 2.45) is 0 Å². The van der Waals surface area contributed by atoms with Gasteiger partial charge in [-0.3, -0.25) is 9.69 Å². The first-order chi connectivity index (χ1) is 14.3. The standard InChI is InChI=1S/C25H24N2O2/c28-25-23-15-21(18-26(23)16-19-9-3-1-4-10-19)29-24-14-8-7-13-22(24)27(25)17-20-11-5-2-6-12-20/h1-14,21,23H,15-18H2/t21-,23-/m0/s1. The SMILES string of the molecule is O=C1[C@@H]2C[C@@H](CN2Cc2ccccc2)Oc2ccccc2N1Cc1ccccc1. The van der Waals surface area contributed by atoms with Crippen LogP contribution in [0, 0.1) is 0 Å². The minimum Gasteiger partial charge on any atom is -0.487 e. The Balaban J connectivity index is 1.49. The van der Waals surface area contributed by atoms with Gasteiger partial charge in [-0.2, -0.15) is 0 Å².